The Morgan fingerprint density at radius 3 is 2.53 bits per heavy atom. The summed E-state index contributed by atoms with van der Waals surface area (Å²) >= 11 is 0. The normalized spacial score (nSPS) is 12.4. The van der Waals surface area contributed by atoms with Crippen LogP contribution in [0.5, 0.6) is 0 Å². The summed E-state index contributed by atoms with van der Waals surface area (Å²) in [5.41, 5.74) is 4.34. The molecule has 0 spiro atoms. The van der Waals surface area contributed by atoms with E-state index < -0.39 is 0 Å². The van der Waals surface area contributed by atoms with Gasteiger partial charge in [0.25, 0.3) is 0 Å². The van der Waals surface area contributed by atoms with Crippen molar-refractivity contribution in [1.82, 2.24) is 0 Å². The third kappa shape index (κ3) is 3.42. The van der Waals surface area contributed by atoms with Gasteiger partial charge in [-0.15, -0.1) is 0 Å². The van der Waals surface area contributed by atoms with Crippen molar-refractivity contribution < 1.29 is 9.50 Å². The van der Waals surface area contributed by atoms with Crippen molar-refractivity contribution in [3.05, 3.63) is 70.5 Å². The molecule has 1 atom stereocenters. The highest BCUT2D eigenvalue weighted by Crippen LogP contribution is 2.23. The Morgan fingerprint density at radius 1 is 1.11 bits per heavy atom. The molecule has 0 fully saturated rings. The third-order valence-electron chi connectivity index (χ3n) is 3.50. The molecule has 0 amide bonds. The number of hydrogen-bond acceptors (Lipinski definition) is 1. The topological polar surface area (TPSA) is 20.2 Å². The monoisotopic (exact) mass is 258 g/mol. The molecule has 1 nitrogen and oxygen atoms in total. The first-order valence-corrected chi connectivity index (χ1v) is 6.52. The van der Waals surface area contributed by atoms with Gasteiger partial charge in [0, 0.05) is 5.92 Å². The van der Waals surface area contributed by atoms with Crippen LogP contribution < -0.4 is 0 Å². The molecule has 2 heteroatoms. The predicted molar refractivity (Wildman–Crippen MR) is 75.8 cm³/mol. The van der Waals surface area contributed by atoms with Crippen molar-refractivity contribution in [2.24, 2.45) is 0 Å². The van der Waals surface area contributed by atoms with Crippen molar-refractivity contribution in [2.75, 3.05) is 6.61 Å². The summed E-state index contributed by atoms with van der Waals surface area (Å²) in [6.45, 7) is 4.05. The lowest BCUT2D eigenvalue weighted by Crippen LogP contribution is -2.09. The Balaban J connectivity index is 2.24. The fourth-order valence-corrected chi connectivity index (χ4v) is 2.37. The van der Waals surface area contributed by atoms with E-state index in [0.717, 1.165) is 23.1 Å². The zero-order valence-corrected chi connectivity index (χ0v) is 11.4. The van der Waals surface area contributed by atoms with Crippen molar-refractivity contribution in [3.63, 3.8) is 0 Å². The number of hydrogen-bond donors (Lipinski definition) is 1. The second-order valence-corrected chi connectivity index (χ2v) is 5.07. The van der Waals surface area contributed by atoms with Gasteiger partial charge < -0.3 is 5.11 Å². The number of rotatable bonds is 4. The highest BCUT2D eigenvalue weighted by Gasteiger charge is 2.13. The average Bonchev–Trinajstić information content (AvgIpc) is 2.38. The van der Waals surface area contributed by atoms with Crippen LogP contribution in [0, 0.1) is 19.7 Å². The van der Waals surface area contributed by atoms with E-state index in [9.17, 15) is 9.50 Å². The SMILES string of the molecule is Cc1cccc(C(CO)Cc2ccc(F)cc2C)c1. The number of aryl methyl sites for hydroxylation is 2. The molecule has 0 bridgehead atoms. The lowest BCUT2D eigenvalue weighted by molar-refractivity contribution is 0.264. The summed E-state index contributed by atoms with van der Waals surface area (Å²) in [5, 5.41) is 9.60. The van der Waals surface area contributed by atoms with Crippen LogP contribution in [-0.4, -0.2) is 11.7 Å². The summed E-state index contributed by atoms with van der Waals surface area (Å²) < 4.78 is 13.1. The summed E-state index contributed by atoms with van der Waals surface area (Å²) in [7, 11) is 0. The lowest BCUT2D eigenvalue weighted by atomic mass is 9.90. The molecule has 0 aliphatic carbocycles. The Labute approximate surface area is 113 Å². The number of benzene rings is 2. The second kappa shape index (κ2) is 5.98. The highest BCUT2D eigenvalue weighted by molar-refractivity contribution is 5.31. The van der Waals surface area contributed by atoms with Gasteiger partial charge in [-0.05, 0) is 49.1 Å². The van der Waals surface area contributed by atoms with E-state index in [2.05, 4.69) is 6.07 Å². The van der Waals surface area contributed by atoms with Crippen LogP contribution in [0.2, 0.25) is 0 Å². The molecular formula is C17H19FO. The van der Waals surface area contributed by atoms with Gasteiger partial charge in [0.15, 0.2) is 0 Å². The molecule has 1 unspecified atom stereocenters. The van der Waals surface area contributed by atoms with Crippen molar-refractivity contribution in [3.8, 4) is 0 Å². The molecule has 2 aromatic carbocycles. The third-order valence-corrected chi connectivity index (χ3v) is 3.50. The van der Waals surface area contributed by atoms with E-state index in [-0.39, 0.29) is 18.3 Å². The summed E-state index contributed by atoms with van der Waals surface area (Å²) in [4.78, 5) is 0. The first-order chi connectivity index (χ1) is 9.10. The van der Waals surface area contributed by atoms with Crippen molar-refractivity contribution in [2.45, 2.75) is 26.2 Å². The van der Waals surface area contributed by atoms with E-state index in [1.54, 1.807) is 6.07 Å². The Hall–Kier alpha value is -1.67. The van der Waals surface area contributed by atoms with E-state index >= 15 is 0 Å². The minimum Gasteiger partial charge on any atom is -0.396 e. The van der Waals surface area contributed by atoms with Gasteiger partial charge in [0.2, 0.25) is 0 Å². The van der Waals surface area contributed by atoms with Crippen LogP contribution in [0.1, 0.15) is 28.2 Å². The molecule has 19 heavy (non-hydrogen) atoms. The minimum atomic E-state index is -0.211. The van der Waals surface area contributed by atoms with Gasteiger partial charge in [0.1, 0.15) is 5.82 Å². The molecule has 0 radical (unpaired) electrons. The number of aliphatic hydroxyl groups is 1. The van der Waals surface area contributed by atoms with E-state index in [4.69, 9.17) is 0 Å². The van der Waals surface area contributed by atoms with Crippen molar-refractivity contribution in [1.29, 1.82) is 0 Å². The first kappa shape index (κ1) is 13.8. The average molecular weight is 258 g/mol. The molecule has 0 saturated heterocycles. The molecule has 0 aromatic heterocycles. The van der Waals surface area contributed by atoms with Crippen molar-refractivity contribution >= 4 is 0 Å². The number of halogens is 1. The Morgan fingerprint density at radius 2 is 1.89 bits per heavy atom. The van der Waals surface area contributed by atoms with Crippen LogP contribution in [0.4, 0.5) is 4.39 Å². The molecule has 0 aliphatic heterocycles. The molecule has 0 saturated carbocycles. The number of aliphatic hydroxyl groups excluding tert-OH is 1. The van der Waals surface area contributed by atoms with Crippen LogP contribution in [0.15, 0.2) is 42.5 Å². The highest BCUT2D eigenvalue weighted by atomic mass is 19.1. The van der Waals surface area contributed by atoms with E-state index in [1.807, 2.05) is 38.1 Å². The molecule has 2 aromatic rings. The molecule has 1 N–H and O–H groups in total. The van der Waals surface area contributed by atoms with Gasteiger partial charge in [0.05, 0.1) is 6.61 Å². The van der Waals surface area contributed by atoms with E-state index in [0.29, 0.717) is 0 Å². The Kier molecular flexibility index (Phi) is 4.33. The van der Waals surface area contributed by atoms with Crippen LogP contribution in [0.25, 0.3) is 0 Å². The second-order valence-electron chi connectivity index (χ2n) is 5.07. The van der Waals surface area contributed by atoms with Crippen LogP contribution in [-0.2, 0) is 6.42 Å². The van der Waals surface area contributed by atoms with Gasteiger partial charge in [-0.25, -0.2) is 4.39 Å². The lowest BCUT2D eigenvalue weighted by Gasteiger charge is -2.16. The smallest absolute Gasteiger partial charge is 0.123 e. The summed E-state index contributed by atoms with van der Waals surface area (Å²) in [6.07, 6.45) is 0.728. The maximum Gasteiger partial charge on any atom is 0.123 e. The van der Waals surface area contributed by atoms with Gasteiger partial charge in [-0.2, -0.15) is 0 Å². The first-order valence-electron chi connectivity index (χ1n) is 6.52. The zero-order valence-electron chi connectivity index (χ0n) is 11.4. The summed E-state index contributed by atoms with van der Waals surface area (Å²) in [6, 6.07) is 13.0. The Bertz CT molecular complexity index is 563. The molecule has 0 aliphatic rings. The maximum atomic E-state index is 13.1. The zero-order chi connectivity index (χ0) is 13.8. The molecule has 0 heterocycles. The fraction of sp³-hybridized carbons (Fsp3) is 0.294. The van der Waals surface area contributed by atoms with Gasteiger partial charge in [-0.1, -0.05) is 35.9 Å². The predicted octanol–water partition coefficient (Wildman–Crippen LogP) is 3.76. The van der Waals surface area contributed by atoms with E-state index in [1.165, 1.54) is 11.6 Å². The van der Waals surface area contributed by atoms with Crippen LogP contribution >= 0.6 is 0 Å². The quantitative estimate of drug-likeness (QED) is 0.885. The molecule has 2 rings (SSSR count). The maximum absolute atomic E-state index is 13.1. The molecule has 100 valence electrons. The fourth-order valence-electron chi connectivity index (χ4n) is 2.37. The van der Waals surface area contributed by atoms with Gasteiger partial charge >= 0.3 is 0 Å². The van der Waals surface area contributed by atoms with Gasteiger partial charge in [-0.3, -0.25) is 0 Å². The largest absolute Gasteiger partial charge is 0.396 e. The standard InChI is InChI=1S/C17H19FO/c1-12-4-3-5-15(8-12)16(11-19)10-14-6-7-17(18)9-13(14)2/h3-9,16,19H,10-11H2,1-2H3. The van der Waals surface area contributed by atoms with Crippen LogP contribution in [0.3, 0.4) is 0 Å². The summed E-state index contributed by atoms with van der Waals surface area (Å²) in [5.74, 6) is -0.151. The minimum absolute atomic E-state index is 0.0593. The molecular weight excluding hydrogens is 239 g/mol.